The fourth-order valence-electron chi connectivity index (χ4n) is 1.46. The van der Waals surface area contributed by atoms with Crippen LogP contribution in [0.15, 0.2) is 15.8 Å². The zero-order valence-electron chi connectivity index (χ0n) is 10.3. The molecule has 96 valence electrons. The van der Waals surface area contributed by atoms with Crippen molar-refractivity contribution in [3.63, 3.8) is 0 Å². The molecule has 1 aromatic heterocycles. The highest BCUT2D eigenvalue weighted by Gasteiger charge is 2.07. The third-order valence-corrected chi connectivity index (χ3v) is 2.62. The van der Waals surface area contributed by atoms with Gasteiger partial charge in [0, 0.05) is 18.8 Å². The molecule has 0 aliphatic heterocycles. The molecule has 0 fully saturated rings. The minimum absolute atomic E-state index is 0.0358. The van der Waals surface area contributed by atoms with E-state index in [4.69, 9.17) is 11.6 Å². The Morgan fingerprint density at radius 3 is 2.65 bits per heavy atom. The zero-order chi connectivity index (χ0) is 13.0. The van der Waals surface area contributed by atoms with Gasteiger partial charge in [-0.3, -0.25) is 14.3 Å². The van der Waals surface area contributed by atoms with Crippen molar-refractivity contribution in [2.45, 2.75) is 33.4 Å². The maximum absolute atomic E-state index is 11.5. The Balaban J connectivity index is 2.72. The van der Waals surface area contributed by atoms with Crippen molar-refractivity contribution in [2.24, 2.45) is 5.92 Å². The van der Waals surface area contributed by atoms with Gasteiger partial charge in [0.15, 0.2) is 0 Å². The Bertz CT molecular complexity index is 478. The van der Waals surface area contributed by atoms with Crippen LogP contribution >= 0.6 is 11.6 Å². The van der Waals surface area contributed by atoms with Crippen molar-refractivity contribution >= 4 is 11.6 Å². The molecule has 1 heterocycles. The number of aromatic amines is 1. The standard InChI is InChI=1S/C11H18ClN3O2/c1-7(2)13-4-8(3)5-15-6-9(12)10(16)14-11(15)17/h6-8,13H,4-5H2,1-3H3,(H,14,16,17). The number of hydrogen-bond acceptors (Lipinski definition) is 3. The lowest BCUT2D eigenvalue weighted by Gasteiger charge is -2.15. The van der Waals surface area contributed by atoms with Gasteiger partial charge in [-0.1, -0.05) is 32.4 Å². The van der Waals surface area contributed by atoms with Gasteiger partial charge in [-0.25, -0.2) is 4.79 Å². The Labute approximate surface area is 105 Å². The van der Waals surface area contributed by atoms with Crippen LogP contribution in [0.3, 0.4) is 0 Å². The van der Waals surface area contributed by atoms with Crippen molar-refractivity contribution in [1.29, 1.82) is 0 Å². The molecule has 0 aromatic carbocycles. The normalized spacial score (nSPS) is 13.0. The van der Waals surface area contributed by atoms with Crippen molar-refractivity contribution in [2.75, 3.05) is 6.54 Å². The van der Waals surface area contributed by atoms with Crippen LogP contribution in [-0.2, 0) is 6.54 Å². The molecular formula is C11H18ClN3O2. The van der Waals surface area contributed by atoms with E-state index in [1.807, 2.05) is 6.92 Å². The summed E-state index contributed by atoms with van der Waals surface area (Å²) in [5.41, 5.74) is -0.961. The summed E-state index contributed by atoms with van der Waals surface area (Å²) in [5.74, 6) is 0.275. The molecule has 6 heteroatoms. The molecule has 0 spiro atoms. The SMILES string of the molecule is CC(CNC(C)C)Cn1cc(Cl)c(=O)[nH]c1=O. The quantitative estimate of drug-likeness (QED) is 0.823. The van der Waals surface area contributed by atoms with E-state index in [0.717, 1.165) is 6.54 Å². The van der Waals surface area contributed by atoms with Crippen molar-refractivity contribution in [3.05, 3.63) is 32.1 Å². The summed E-state index contributed by atoms with van der Waals surface area (Å²) in [7, 11) is 0. The van der Waals surface area contributed by atoms with Crippen LogP contribution in [-0.4, -0.2) is 22.1 Å². The second kappa shape index (κ2) is 6.02. The third-order valence-electron chi connectivity index (χ3n) is 2.35. The average molecular weight is 260 g/mol. The van der Waals surface area contributed by atoms with Crippen molar-refractivity contribution in [1.82, 2.24) is 14.9 Å². The highest BCUT2D eigenvalue weighted by molar-refractivity contribution is 6.30. The summed E-state index contributed by atoms with van der Waals surface area (Å²) in [5, 5.41) is 3.33. The zero-order valence-corrected chi connectivity index (χ0v) is 11.0. The van der Waals surface area contributed by atoms with E-state index in [0.29, 0.717) is 12.6 Å². The molecule has 0 radical (unpaired) electrons. The first-order chi connectivity index (χ1) is 7.90. The van der Waals surface area contributed by atoms with E-state index < -0.39 is 11.2 Å². The number of nitrogens with one attached hydrogen (secondary N) is 2. The second-order valence-electron chi connectivity index (χ2n) is 4.56. The molecule has 0 saturated carbocycles. The monoisotopic (exact) mass is 259 g/mol. The number of H-pyrrole nitrogens is 1. The Morgan fingerprint density at radius 2 is 2.06 bits per heavy atom. The molecule has 5 nitrogen and oxygen atoms in total. The lowest BCUT2D eigenvalue weighted by atomic mass is 10.1. The lowest BCUT2D eigenvalue weighted by Crippen LogP contribution is -2.34. The molecule has 0 aliphatic carbocycles. The molecular weight excluding hydrogens is 242 g/mol. The van der Waals surface area contributed by atoms with Gasteiger partial charge in [0.25, 0.3) is 5.56 Å². The highest BCUT2D eigenvalue weighted by atomic mass is 35.5. The molecule has 0 saturated heterocycles. The number of aromatic nitrogens is 2. The largest absolute Gasteiger partial charge is 0.328 e. The summed E-state index contributed by atoms with van der Waals surface area (Å²) in [6.07, 6.45) is 1.38. The van der Waals surface area contributed by atoms with Gasteiger partial charge >= 0.3 is 5.69 Å². The van der Waals surface area contributed by atoms with E-state index in [9.17, 15) is 9.59 Å². The van der Waals surface area contributed by atoms with Gasteiger partial charge in [-0.05, 0) is 12.5 Å². The maximum atomic E-state index is 11.5. The third kappa shape index (κ3) is 4.36. The molecule has 17 heavy (non-hydrogen) atoms. The molecule has 2 N–H and O–H groups in total. The van der Waals surface area contributed by atoms with E-state index in [1.54, 1.807) is 0 Å². The van der Waals surface area contributed by atoms with Gasteiger partial charge in [-0.15, -0.1) is 0 Å². The molecule has 0 bridgehead atoms. The van der Waals surface area contributed by atoms with E-state index >= 15 is 0 Å². The highest BCUT2D eigenvalue weighted by Crippen LogP contribution is 2.00. The molecule has 1 aromatic rings. The summed E-state index contributed by atoms with van der Waals surface area (Å²) in [6.45, 7) is 7.49. The topological polar surface area (TPSA) is 66.9 Å². The Hall–Kier alpha value is -1.07. The van der Waals surface area contributed by atoms with Crippen LogP contribution in [0.5, 0.6) is 0 Å². The Morgan fingerprint density at radius 1 is 1.41 bits per heavy atom. The molecule has 0 amide bonds. The van der Waals surface area contributed by atoms with Crippen molar-refractivity contribution < 1.29 is 0 Å². The Kier molecular flexibility index (Phi) is 4.96. The van der Waals surface area contributed by atoms with Gasteiger partial charge in [0.05, 0.1) is 0 Å². The van der Waals surface area contributed by atoms with Crippen LogP contribution in [0.1, 0.15) is 20.8 Å². The summed E-state index contributed by atoms with van der Waals surface area (Å²) in [4.78, 5) is 24.8. The fraction of sp³-hybridized carbons (Fsp3) is 0.636. The number of halogens is 1. The average Bonchev–Trinajstić information content (AvgIpc) is 2.23. The lowest BCUT2D eigenvalue weighted by molar-refractivity contribution is 0.416. The van der Waals surface area contributed by atoms with E-state index in [1.165, 1.54) is 10.8 Å². The summed E-state index contributed by atoms with van der Waals surface area (Å²) < 4.78 is 1.43. The second-order valence-corrected chi connectivity index (χ2v) is 4.96. The van der Waals surface area contributed by atoms with E-state index in [-0.39, 0.29) is 10.9 Å². The fourth-order valence-corrected chi connectivity index (χ4v) is 1.62. The maximum Gasteiger partial charge on any atom is 0.328 e. The first kappa shape index (κ1) is 14.0. The summed E-state index contributed by atoms with van der Waals surface area (Å²) >= 11 is 5.68. The van der Waals surface area contributed by atoms with Gasteiger partial charge in [0.1, 0.15) is 5.02 Å². The van der Waals surface area contributed by atoms with Crippen LogP contribution < -0.4 is 16.6 Å². The van der Waals surface area contributed by atoms with Crippen LogP contribution in [0.2, 0.25) is 5.02 Å². The van der Waals surface area contributed by atoms with Crippen LogP contribution in [0.4, 0.5) is 0 Å². The van der Waals surface area contributed by atoms with E-state index in [2.05, 4.69) is 24.1 Å². The summed E-state index contributed by atoms with van der Waals surface area (Å²) in [6, 6.07) is 0.411. The van der Waals surface area contributed by atoms with Gasteiger partial charge in [0.2, 0.25) is 0 Å². The minimum Gasteiger partial charge on any atom is -0.314 e. The van der Waals surface area contributed by atoms with Crippen LogP contribution in [0.25, 0.3) is 0 Å². The van der Waals surface area contributed by atoms with Gasteiger partial charge < -0.3 is 5.32 Å². The minimum atomic E-state index is -0.541. The van der Waals surface area contributed by atoms with Crippen LogP contribution in [0, 0.1) is 5.92 Å². The smallest absolute Gasteiger partial charge is 0.314 e. The molecule has 1 rings (SSSR count). The predicted octanol–water partition coefficient (Wildman–Crippen LogP) is 0.824. The predicted molar refractivity (Wildman–Crippen MR) is 68.6 cm³/mol. The molecule has 1 unspecified atom stereocenters. The molecule has 1 atom stereocenters. The van der Waals surface area contributed by atoms with Gasteiger partial charge in [-0.2, -0.15) is 0 Å². The van der Waals surface area contributed by atoms with Crippen molar-refractivity contribution in [3.8, 4) is 0 Å². The first-order valence-electron chi connectivity index (χ1n) is 5.62. The molecule has 0 aliphatic rings. The first-order valence-corrected chi connectivity index (χ1v) is 6.00. The number of rotatable bonds is 5. The number of nitrogens with zero attached hydrogens (tertiary/aromatic N) is 1. The number of hydrogen-bond donors (Lipinski definition) is 2.